The molecule has 1 aromatic carbocycles. The fourth-order valence-corrected chi connectivity index (χ4v) is 3.15. The summed E-state index contributed by atoms with van der Waals surface area (Å²) >= 11 is 0. The molecule has 0 radical (unpaired) electrons. The van der Waals surface area contributed by atoms with Gasteiger partial charge < -0.3 is 35.2 Å². The maximum Gasteiger partial charge on any atom is 0.408 e. The molecule has 11 heteroatoms. The zero-order valence-corrected chi connectivity index (χ0v) is 19.2. The van der Waals surface area contributed by atoms with Crippen LogP contribution in [0.2, 0.25) is 0 Å². The minimum atomic E-state index is -1.37. The Balaban J connectivity index is 2.35. The first kappa shape index (κ1) is 25.9. The number of aliphatic hydroxyl groups is 1. The van der Waals surface area contributed by atoms with E-state index in [1.54, 1.807) is 26.8 Å². The van der Waals surface area contributed by atoms with E-state index in [-0.39, 0.29) is 11.8 Å². The van der Waals surface area contributed by atoms with Gasteiger partial charge in [0.1, 0.15) is 30.0 Å². The summed E-state index contributed by atoms with van der Waals surface area (Å²) in [7, 11) is 1.18. The third-order valence-electron chi connectivity index (χ3n) is 4.71. The molecule has 0 aliphatic heterocycles. The van der Waals surface area contributed by atoms with Crippen LogP contribution in [-0.2, 0) is 23.9 Å². The molecule has 11 nitrogen and oxygen atoms in total. The highest BCUT2D eigenvalue weighted by Gasteiger charge is 2.44. The normalized spacial score (nSPS) is 15.1. The van der Waals surface area contributed by atoms with Gasteiger partial charge in [0.15, 0.2) is 0 Å². The molecule has 1 aliphatic rings. The number of carbonyl (C=O) groups is 4. The van der Waals surface area contributed by atoms with Crippen molar-refractivity contribution in [2.75, 3.05) is 20.3 Å². The number of aliphatic hydroxyl groups excluding tert-OH is 1. The lowest BCUT2D eigenvalue weighted by atomic mass is 10.0. The quantitative estimate of drug-likeness (QED) is 0.387. The first-order chi connectivity index (χ1) is 15.5. The number of ether oxygens (including phenoxy) is 2. The molecule has 0 aromatic heterocycles. The standard InChI is InChI=1S/C22H31N3O8/c1-22(2,3)33-21(31)24-16(12-26)20(30)25(14-8-9-14)18(13-6-5-7-15(27)10-13)19(29)23-11-17(28)32-4/h5-7,10,14,16,18,26-27H,8-9,11-12H2,1-4H3,(H,23,29)(H,24,31). The molecule has 1 saturated carbocycles. The van der Waals surface area contributed by atoms with Crippen molar-refractivity contribution in [2.45, 2.75) is 57.3 Å². The molecule has 4 N–H and O–H groups in total. The van der Waals surface area contributed by atoms with E-state index in [0.717, 1.165) is 0 Å². The smallest absolute Gasteiger partial charge is 0.408 e. The Morgan fingerprint density at radius 3 is 2.39 bits per heavy atom. The van der Waals surface area contributed by atoms with E-state index in [4.69, 9.17) is 4.74 Å². The van der Waals surface area contributed by atoms with E-state index in [1.165, 1.54) is 30.2 Å². The summed E-state index contributed by atoms with van der Waals surface area (Å²) in [5.41, 5.74) is -0.521. The number of hydrogen-bond acceptors (Lipinski definition) is 8. The summed E-state index contributed by atoms with van der Waals surface area (Å²) in [6.07, 6.45) is 0.320. The van der Waals surface area contributed by atoms with E-state index in [2.05, 4.69) is 15.4 Å². The second-order valence-corrected chi connectivity index (χ2v) is 8.65. The van der Waals surface area contributed by atoms with Crippen LogP contribution in [0.25, 0.3) is 0 Å². The molecule has 3 amide bonds. The number of phenols is 1. The molecule has 0 bridgehead atoms. The SMILES string of the molecule is COC(=O)CNC(=O)C(c1cccc(O)c1)N(C(=O)C(CO)NC(=O)OC(C)(C)C)C1CC1. The van der Waals surface area contributed by atoms with Crippen molar-refractivity contribution in [1.82, 2.24) is 15.5 Å². The van der Waals surface area contributed by atoms with Crippen LogP contribution in [0.4, 0.5) is 4.79 Å². The van der Waals surface area contributed by atoms with Crippen LogP contribution in [-0.4, -0.2) is 76.9 Å². The highest BCUT2D eigenvalue weighted by Crippen LogP contribution is 2.36. The summed E-state index contributed by atoms with van der Waals surface area (Å²) in [5.74, 6) is -2.18. The second-order valence-electron chi connectivity index (χ2n) is 8.65. The number of hydrogen-bond donors (Lipinski definition) is 4. The van der Waals surface area contributed by atoms with Gasteiger partial charge in [-0.25, -0.2) is 4.79 Å². The lowest BCUT2D eigenvalue weighted by molar-refractivity contribution is -0.145. The maximum atomic E-state index is 13.4. The zero-order chi connectivity index (χ0) is 24.8. The second kappa shape index (κ2) is 11.0. The number of amides is 3. The van der Waals surface area contributed by atoms with Crippen LogP contribution in [0.5, 0.6) is 5.75 Å². The molecule has 0 spiro atoms. The summed E-state index contributed by atoms with van der Waals surface area (Å²) in [4.78, 5) is 51.5. The molecule has 1 aliphatic carbocycles. The highest BCUT2D eigenvalue weighted by molar-refractivity contribution is 5.93. The Labute approximate surface area is 192 Å². The van der Waals surface area contributed by atoms with Crippen molar-refractivity contribution in [2.24, 2.45) is 0 Å². The van der Waals surface area contributed by atoms with Gasteiger partial charge in [0, 0.05) is 6.04 Å². The number of aromatic hydroxyl groups is 1. The van der Waals surface area contributed by atoms with E-state index in [1.807, 2.05) is 0 Å². The number of methoxy groups -OCH3 is 1. The van der Waals surface area contributed by atoms with Crippen LogP contribution >= 0.6 is 0 Å². The molecule has 182 valence electrons. The van der Waals surface area contributed by atoms with Gasteiger partial charge in [-0.05, 0) is 51.3 Å². The highest BCUT2D eigenvalue weighted by atomic mass is 16.6. The summed E-state index contributed by atoms with van der Waals surface area (Å²) in [5, 5.41) is 24.5. The van der Waals surface area contributed by atoms with Gasteiger partial charge in [-0.2, -0.15) is 0 Å². The monoisotopic (exact) mass is 465 g/mol. The average Bonchev–Trinajstić information content (AvgIpc) is 3.57. The van der Waals surface area contributed by atoms with Gasteiger partial charge in [-0.1, -0.05) is 12.1 Å². The Kier molecular flexibility index (Phi) is 8.63. The fraction of sp³-hybridized carbons (Fsp3) is 0.545. The Bertz CT molecular complexity index is 879. The molecular formula is C22H31N3O8. The van der Waals surface area contributed by atoms with Crippen molar-refractivity contribution >= 4 is 23.9 Å². The molecule has 2 rings (SSSR count). The lowest BCUT2D eigenvalue weighted by Gasteiger charge is -2.34. The number of nitrogens with zero attached hydrogens (tertiary/aromatic N) is 1. The number of phenolic OH excluding ortho intramolecular Hbond substituents is 1. The number of esters is 1. The summed E-state index contributed by atoms with van der Waals surface area (Å²) in [6, 6.07) is 2.90. The minimum Gasteiger partial charge on any atom is -0.508 e. The van der Waals surface area contributed by atoms with Crippen molar-refractivity contribution in [3.8, 4) is 5.75 Å². The number of alkyl carbamates (subject to hydrolysis) is 1. The van der Waals surface area contributed by atoms with E-state index < -0.39 is 54.7 Å². The van der Waals surface area contributed by atoms with Gasteiger partial charge in [0.2, 0.25) is 11.8 Å². The van der Waals surface area contributed by atoms with Gasteiger partial charge in [-0.3, -0.25) is 14.4 Å². The predicted octanol–water partition coefficient (Wildman–Crippen LogP) is 0.599. The van der Waals surface area contributed by atoms with Gasteiger partial charge >= 0.3 is 12.1 Å². The number of carbonyl (C=O) groups excluding carboxylic acids is 4. The lowest BCUT2D eigenvalue weighted by Crippen LogP contribution is -2.55. The molecule has 1 fully saturated rings. The largest absolute Gasteiger partial charge is 0.508 e. The maximum absolute atomic E-state index is 13.4. The van der Waals surface area contributed by atoms with Crippen molar-refractivity contribution in [1.29, 1.82) is 0 Å². The van der Waals surface area contributed by atoms with Gasteiger partial charge in [0.05, 0.1) is 13.7 Å². The third-order valence-corrected chi connectivity index (χ3v) is 4.71. The molecule has 2 atom stereocenters. The van der Waals surface area contributed by atoms with Crippen LogP contribution in [0.1, 0.15) is 45.2 Å². The Morgan fingerprint density at radius 2 is 1.88 bits per heavy atom. The Morgan fingerprint density at radius 1 is 1.21 bits per heavy atom. The topological polar surface area (TPSA) is 154 Å². The van der Waals surface area contributed by atoms with Crippen LogP contribution in [0.15, 0.2) is 24.3 Å². The van der Waals surface area contributed by atoms with Crippen LogP contribution in [0.3, 0.4) is 0 Å². The number of benzene rings is 1. The van der Waals surface area contributed by atoms with E-state index in [0.29, 0.717) is 18.4 Å². The molecule has 0 saturated heterocycles. The summed E-state index contributed by atoms with van der Waals surface area (Å²) in [6.45, 7) is 3.82. The molecule has 1 aromatic rings. The van der Waals surface area contributed by atoms with Gasteiger partial charge in [-0.15, -0.1) is 0 Å². The average molecular weight is 466 g/mol. The van der Waals surface area contributed by atoms with E-state index >= 15 is 0 Å². The van der Waals surface area contributed by atoms with Crippen molar-refractivity contribution in [3.05, 3.63) is 29.8 Å². The first-order valence-electron chi connectivity index (χ1n) is 10.5. The third kappa shape index (κ3) is 7.63. The first-order valence-corrected chi connectivity index (χ1v) is 10.5. The van der Waals surface area contributed by atoms with Crippen LogP contribution < -0.4 is 10.6 Å². The van der Waals surface area contributed by atoms with Crippen molar-refractivity contribution < 1.29 is 38.9 Å². The number of rotatable bonds is 9. The predicted molar refractivity (Wildman–Crippen MR) is 116 cm³/mol. The number of nitrogens with one attached hydrogen (secondary N) is 2. The van der Waals surface area contributed by atoms with Crippen LogP contribution in [0, 0.1) is 0 Å². The minimum absolute atomic E-state index is 0.118. The molecule has 0 heterocycles. The van der Waals surface area contributed by atoms with Crippen molar-refractivity contribution in [3.63, 3.8) is 0 Å². The summed E-state index contributed by atoms with van der Waals surface area (Å²) < 4.78 is 9.71. The molecular weight excluding hydrogens is 434 g/mol. The Hall–Kier alpha value is -3.34. The van der Waals surface area contributed by atoms with Gasteiger partial charge in [0.25, 0.3) is 0 Å². The fourth-order valence-electron chi connectivity index (χ4n) is 3.15. The molecule has 2 unspecified atom stereocenters. The zero-order valence-electron chi connectivity index (χ0n) is 19.2. The van der Waals surface area contributed by atoms with E-state index in [9.17, 15) is 29.4 Å². The molecule has 33 heavy (non-hydrogen) atoms.